The molecule has 1 aromatic carbocycles. The van der Waals surface area contributed by atoms with Crippen LogP contribution in [0.15, 0.2) is 17.0 Å². The predicted octanol–water partition coefficient (Wildman–Crippen LogP) is 2.29. The molecule has 0 amide bonds. The Morgan fingerprint density at radius 1 is 0.721 bits per heavy atom. The summed E-state index contributed by atoms with van der Waals surface area (Å²) in [6, 6.07) is 0.409. The molecule has 0 heterocycles. The monoisotopic (exact) mass is 717 g/mol. The van der Waals surface area contributed by atoms with Gasteiger partial charge in [0.1, 0.15) is 13.2 Å². The maximum absolute atomic E-state index is 11.7. The van der Waals surface area contributed by atoms with Gasteiger partial charge in [-0.1, -0.05) is 0 Å². The number of esters is 2. The van der Waals surface area contributed by atoms with Crippen LogP contribution in [0.3, 0.4) is 0 Å². The van der Waals surface area contributed by atoms with Gasteiger partial charge in [-0.05, 0) is 0 Å². The van der Waals surface area contributed by atoms with Crippen LogP contribution < -0.4 is 0 Å². The number of non-ortho nitro benzene ring substituents is 1. The number of rotatable bonds is 19. The average Bonchev–Trinajstić information content (AvgIpc) is 2.90. The Hall–Kier alpha value is -2.65. The number of ether oxygens (including phenoxy) is 2. The topological polar surface area (TPSA) is 243 Å². The molecule has 0 fully saturated rings. The van der Waals surface area contributed by atoms with Crippen molar-refractivity contribution >= 4 is 85.5 Å². The summed E-state index contributed by atoms with van der Waals surface area (Å²) in [6.45, 7) is 2.42. The first kappa shape index (κ1) is 40.4. The van der Waals surface area contributed by atoms with E-state index >= 15 is 0 Å². The lowest BCUT2D eigenvalue weighted by atomic mass is 10.2. The summed E-state index contributed by atoms with van der Waals surface area (Å²) in [6.07, 6.45) is 0. The highest BCUT2D eigenvalue weighted by Gasteiger charge is 2.37. The molecule has 0 saturated heterocycles. The summed E-state index contributed by atoms with van der Waals surface area (Å²) in [5.41, 5.74) is -3.96. The van der Waals surface area contributed by atoms with Crippen LogP contribution in [0.5, 0.6) is 0 Å². The summed E-state index contributed by atoms with van der Waals surface area (Å²) in [7, 11) is -5.30. The number of nitro groups is 3. The van der Waals surface area contributed by atoms with E-state index in [2.05, 4.69) is 0 Å². The molecule has 0 radical (unpaired) electrons. The fourth-order valence-corrected chi connectivity index (χ4v) is 4.76. The molecule has 0 atom stereocenters. The van der Waals surface area contributed by atoms with Crippen molar-refractivity contribution in [2.75, 3.05) is 76.0 Å². The van der Waals surface area contributed by atoms with E-state index in [0.717, 1.165) is 0 Å². The summed E-state index contributed by atoms with van der Waals surface area (Å²) in [5, 5.41) is 31.7. The van der Waals surface area contributed by atoms with Gasteiger partial charge < -0.3 is 9.47 Å². The van der Waals surface area contributed by atoms with Crippen LogP contribution in [0.4, 0.5) is 17.1 Å². The number of alkyl halides is 4. The van der Waals surface area contributed by atoms with E-state index in [9.17, 15) is 48.3 Å². The molecule has 0 saturated carbocycles. The standard InChI is InChI=1S/C14H24Cl4N2O4.C6H3N3O9S/c15-1-5-19(6-2-16)11-13(21)23-9-10-24-14(22)12-20(7-3-17)8-4-18;10-7(11)3-1-4(8(12)13)6(19(16,17)18)5(2-3)9(14)15/h1-12H2;1-2H,(H,16,17,18). The molecule has 1 N–H and O–H groups in total. The minimum absolute atomic E-state index is 0.00513. The number of carbonyl (C=O) groups excluding carboxylic acids is 2. The third kappa shape index (κ3) is 16.1. The van der Waals surface area contributed by atoms with E-state index in [1.165, 1.54) is 0 Å². The SMILES string of the molecule is O=C(CN(CCCl)CCCl)OCCOC(=O)CN(CCCl)CCCl.O=[N+]([O-])c1cc([N+](=O)[O-])c(S(=O)(=O)O)c([N+](=O)[O-])c1. The van der Waals surface area contributed by atoms with Gasteiger partial charge in [-0.3, -0.25) is 54.3 Å². The quantitative estimate of drug-likeness (QED) is 0.0538. The molecule has 18 nitrogen and oxygen atoms in total. The van der Waals surface area contributed by atoms with Crippen LogP contribution in [-0.4, -0.2) is 125 Å². The van der Waals surface area contributed by atoms with E-state index in [-0.39, 0.29) is 38.4 Å². The Kier molecular flexibility index (Phi) is 19.8. The van der Waals surface area contributed by atoms with Gasteiger partial charge >= 0.3 is 33.4 Å². The van der Waals surface area contributed by atoms with E-state index in [1.807, 2.05) is 0 Å². The van der Waals surface area contributed by atoms with E-state index in [4.69, 9.17) is 60.4 Å². The lowest BCUT2D eigenvalue weighted by Crippen LogP contribution is -2.35. The summed E-state index contributed by atoms with van der Waals surface area (Å²) in [5.74, 6) is 0.803. The number of nitrogens with zero attached hydrogens (tertiary/aromatic N) is 5. The Morgan fingerprint density at radius 3 is 1.28 bits per heavy atom. The highest BCUT2D eigenvalue weighted by Crippen LogP contribution is 2.36. The first-order valence-corrected chi connectivity index (χ1v) is 15.3. The zero-order chi connectivity index (χ0) is 33.2. The molecule has 23 heteroatoms. The van der Waals surface area contributed by atoms with Crippen LogP contribution in [0.1, 0.15) is 0 Å². The number of benzene rings is 1. The molecule has 0 aliphatic heterocycles. The van der Waals surface area contributed by atoms with Crippen molar-refractivity contribution in [2.24, 2.45) is 0 Å². The lowest BCUT2D eigenvalue weighted by molar-refractivity contribution is -0.407. The van der Waals surface area contributed by atoms with Crippen LogP contribution >= 0.6 is 46.4 Å². The second-order valence-corrected chi connectivity index (χ2v) is 10.7. The van der Waals surface area contributed by atoms with E-state index in [0.29, 0.717) is 49.7 Å². The third-order valence-corrected chi connectivity index (χ3v) is 6.42. The van der Waals surface area contributed by atoms with Crippen molar-refractivity contribution in [3.8, 4) is 0 Å². The predicted molar refractivity (Wildman–Crippen MR) is 154 cm³/mol. The van der Waals surface area contributed by atoms with Crippen molar-refractivity contribution in [3.63, 3.8) is 0 Å². The molecule has 0 aromatic heterocycles. The van der Waals surface area contributed by atoms with Gasteiger partial charge in [-0.15, -0.1) is 46.4 Å². The van der Waals surface area contributed by atoms with Gasteiger partial charge in [0.25, 0.3) is 5.69 Å². The van der Waals surface area contributed by atoms with Crippen LogP contribution in [-0.2, 0) is 29.2 Å². The van der Waals surface area contributed by atoms with Crippen LogP contribution in [0, 0.1) is 30.3 Å². The molecular weight excluding hydrogens is 692 g/mol. The molecular formula is C20H27Cl4N5O13S. The average molecular weight is 719 g/mol. The number of hydrogen-bond donors (Lipinski definition) is 1. The molecule has 1 rings (SSSR count). The van der Waals surface area contributed by atoms with Crippen molar-refractivity contribution in [2.45, 2.75) is 4.90 Å². The summed E-state index contributed by atoms with van der Waals surface area (Å²) in [4.78, 5) is 53.0. The molecule has 0 aliphatic rings. The van der Waals surface area contributed by atoms with E-state index in [1.54, 1.807) is 9.80 Å². The van der Waals surface area contributed by atoms with Gasteiger partial charge in [-0.2, -0.15) is 8.42 Å². The largest absolute Gasteiger partial charge is 0.461 e. The molecule has 43 heavy (non-hydrogen) atoms. The van der Waals surface area contributed by atoms with Gasteiger partial charge in [0, 0.05) is 49.7 Å². The normalized spacial score (nSPS) is 11.0. The fourth-order valence-electron chi connectivity index (χ4n) is 3.01. The highest BCUT2D eigenvalue weighted by atomic mass is 35.5. The lowest BCUT2D eigenvalue weighted by Gasteiger charge is -2.19. The van der Waals surface area contributed by atoms with Crippen molar-refractivity contribution in [1.82, 2.24) is 9.80 Å². The first-order valence-electron chi connectivity index (χ1n) is 11.7. The smallest absolute Gasteiger partial charge is 0.320 e. The highest BCUT2D eigenvalue weighted by molar-refractivity contribution is 7.86. The third-order valence-electron chi connectivity index (χ3n) is 4.81. The first-order chi connectivity index (χ1) is 20.1. The summed E-state index contributed by atoms with van der Waals surface area (Å²) >= 11 is 22.6. The van der Waals surface area contributed by atoms with Crippen LogP contribution in [0.2, 0.25) is 0 Å². The molecule has 1 aromatic rings. The Bertz CT molecular complexity index is 1150. The van der Waals surface area contributed by atoms with Crippen molar-refractivity contribution in [1.29, 1.82) is 0 Å². The van der Waals surface area contributed by atoms with Crippen molar-refractivity contribution < 1.29 is 46.8 Å². The molecule has 0 bridgehead atoms. The van der Waals surface area contributed by atoms with Gasteiger partial charge in [0.2, 0.25) is 4.90 Å². The van der Waals surface area contributed by atoms with Crippen molar-refractivity contribution in [3.05, 3.63) is 42.5 Å². The molecule has 244 valence electrons. The number of hydrogen-bond acceptors (Lipinski definition) is 14. The maximum atomic E-state index is 11.7. The molecule has 0 aliphatic carbocycles. The maximum Gasteiger partial charge on any atom is 0.320 e. The number of carbonyl (C=O) groups is 2. The van der Waals surface area contributed by atoms with Crippen LogP contribution in [0.25, 0.3) is 0 Å². The van der Waals surface area contributed by atoms with Gasteiger partial charge in [-0.25, -0.2) is 0 Å². The number of halogens is 4. The summed E-state index contributed by atoms with van der Waals surface area (Å²) < 4.78 is 40.7. The fraction of sp³-hybridized carbons (Fsp3) is 0.600. The van der Waals surface area contributed by atoms with E-state index < -0.39 is 58.8 Å². The minimum atomic E-state index is -5.30. The Labute approximate surface area is 264 Å². The second-order valence-electron chi connectivity index (χ2n) is 7.81. The second kappa shape index (κ2) is 21.1. The minimum Gasteiger partial charge on any atom is -0.461 e. The zero-order valence-electron chi connectivity index (χ0n) is 22.1. The Balaban J connectivity index is 0.000000841. The Morgan fingerprint density at radius 2 is 1.05 bits per heavy atom. The zero-order valence-corrected chi connectivity index (χ0v) is 26.0. The molecule has 0 unspecified atom stereocenters. The van der Waals surface area contributed by atoms with Gasteiger partial charge in [0.05, 0.1) is 40.0 Å². The molecule has 0 spiro atoms. The number of nitro benzene ring substituents is 3. The van der Waals surface area contributed by atoms with Gasteiger partial charge in [0.15, 0.2) is 0 Å².